The molecule has 1 aromatic rings. The molecule has 1 aliphatic rings. The van der Waals surface area contributed by atoms with E-state index in [2.05, 4.69) is 15.5 Å². The molecular formula is C10H16N4O3. The molecule has 0 unspecified atom stereocenters. The molecule has 1 N–H and O–H groups in total. The first-order valence-corrected chi connectivity index (χ1v) is 5.70. The van der Waals surface area contributed by atoms with Crippen LogP contribution in [0.25, 0.3) is 0 Å². The van der Waals surface area contributed by atoms with Crippen molar-refractivity contribution in [3.05, 3.63) is 5.89 Å². The zero-order chi connectivity index (χ0) is 12.1. The van der Waals surface area contributed by atoms with Crippen LogP contribution >= 0.6 is 0 Å². The minimum absolute atomic E-state index is 0.141. The Hall–Kier alpha value is -1.47. The number of nitrogens with zero attached hydrogens (tertiary/aromatic N) is 3. The number of hydrogen-bond acceptors (Lipinski definition) is 6. The zero-order valence-corrected chi connectivity index (χ0v) is 9.81. The quantitative estimate of drug-likeness (QED) is 0.791. The van der Waals surface area contributed by atoms with Crippen molar-refractivity contribution < 1.29 is 13.9 Å². The van der Waals surface area contributed by atoms with Gasteiger partial charge < -0.3 is 9.15 Å². The summed E-state index contributed by atoms with van der Waals surface area (Å²) in [6.07, 6.45) is 0.659. The summed E-state index contributed by atoms with van der Waals surface area (Å²) in [6, 6.07) is 0.167. The molecule has 1 fully saturated rings. The molecule has 0 saturated carbocycles. The molecule has 1 aromatic heterocycles. The number of carbonyl (C=O) groups excluding carboxylic acids is 1. The molecule has 7 nitrogen and oxygen atoms in total. The maximum Gasteiger partial charge on any atom is 0.322 e. The molecule has 2 rings (SSSR count). The smallest absolute Gasteiger partial charge is 0.322 e. The van der Waals surface area contributed by atoms with Gasteiger partial charge in [0.05, 0.1) is 19.8 Å². The number of rotatable bonds is 4. The van der Waals surface area contributed by atoms with Gasteiger partial charge in [0, 0.05) is 19.5 Å². The normalized spacial score (nSPS) is 17.0. The van der Waals surface area contributed by atoms with Gasteiger partial charge in [0.2, 0.25) is 11.8 Å². The summed E-state index contributed by atoms with van der Waals surface area (Å²) in [5, 5.41) is 10.1. The molecule has 0 atom stereocenters. The highest BCUT2D eigenvalue weighted by Crippen LogP contribution is 2.06. The monoisotopic (exact) mass is 240 g/mol. The molecule has 0 aliphatic carbocycles. The first-order chi connectivity index (χ1) is 8.28. The average molecular weight is 240 g/mol. The van der Waals surface area contributed by atoms with Gasteiger partial charge in [0.25, 0.3) is 0 Å². The van der Waals surface area contributed by atoms with Crippen molar-refractivity contribution in [3.8, 4) is 0 Å². The lowest BCUT2D eigenvalue weighted by Crippen LogP contribution is -2.41. The molecule has 1 aliphatic heterocycles. The zero-order valence-electron chi connectivity index (χ0n) is 9.81. The lowest BCUT2D eigenvalue weighted by atomic mass is 10.4. The Morgan fingerprint density at radius 3 is 2.82 bits per heavy atom. The van der Waals surface area contributed by atoms with Crippen LogP contribution in [0.15, 0.2) is 4.42 Å². The molecule has 0 radical (unpaired) electrons. The van der Waals surface area contributed by atoms with Gasteiger partial charge in [-0.15, -0.1) is 5.10 Å². The van der Waals surface area contributed by atoms with Gasteiger partial charge in [-0.05, 0) is 0 Å². The first-order valence-electron chi connectivity index (χ1n) is 5.70. The number of morpholine rings is 1. The molecule has 0 aromatic carbocycles. The Kier molecular flexibility index (Phi) is 4.05. The lowest BCUT2D eigenvalue weighted by Gasteiger charge is -2.25. The van der Waals surface area contributed by atoms with Crippen LogP contribution in [0.3, 0.4) is 0 Å². The summed E-state index contributed by atoms with van der Waals surface area (Å²) in [5.74, 6) is 0.380. The summed E-state index contributed by atoms with van der Waals surface area (Å²) < 4.78 is 10.4. The van der Waals surface area contributed by atoms with Crippen LogP contribution in [0.1, 0.15) is 12.8 Å². The fourth-order valence-corrected chi connectivity index (χ4v) is 1.57. The standard InChI is InChI=1S/C10H16N4O3/c1-2-9-12-13-10(17-9)11-8(15)7-14-3-5-16-6-4-14/h2-7H2,1H3,(H,11,13,15). The van der Waals surface area contributed by atoms with E-state index in [1.165, 1.54) is 0 Å². The number of anilines is 1. The number of carbonyl (C=O) groups is 1. The van der Waals surface area contributed by atoms with Crippen LogP contribution in [-0.2, 0) is 16.0 Å². The van der Waals surface area contributed by atoms with Crippen molar-refractivity contribution in [3.63, 3.8) is 0 Å². The Morgan fingerprint density at radius 1 is 1.41 bits per heavy atom. The van der Waals surface area contributed by atoms with E-state index in [1.54, 1.807) is 0 Å². The number of amides is 1. The van der Waals surface area contributed by atoms with Crippen molar-refractivity contribution in [1.29, 1.82) is 0 Å². The summed E-state index contributed by atoms with van der Waals surface area (Å²) in [5.41, 5.74) is 0. The Morgan fingerprint density at radius 2 is 2.18 bits per heavy atom. The van der Waals surface area contributed by atoms with Gasteiger partial charge in [-0.25, -0.2) is 0 Å². The topological polar surface area (TPSA) is 80.5 Å². The van der Waals surface area contributed by atoms with Crippen molar-refractivity contribution in [2.75, 3.05) is 38.2 Å². The van der Waals surface area contributed by atoms with Crippen LogP contribution < -0.4 is 5.32 Å². The minimum Gasteiger partial charge on any atom is -0.408 e. The summed E-state index contributed by atoms with van der Waals surface area (Å²) in [4.78, 5) is 13.7. The molecule has 0 spiro atoms. The summed E-state index contributed by atoms with van der Waals surface area (Å²) in [7, 11) is 0. The number of ether oxygens (including phenoxy) is 1. The van der Waals surface area contributed by atoms with Gasteiger partial charge in [0.1, 0.15) is 0 Å². The van der Waals surface area contributed by atoms with E-state index >= 15 is 0 Å². The van der Waals surface area contributed by atoms with E-state index in [9.17, 15) is 4.79 Å². The molecule has 7 heteroatoms. The number of hydrogen-bond donors (Lipinski definition) is 1. The van der Waals surface area contributed by atoms with Crippen LogP contribution in [-0.4, -0.2) is 53.9 Å². The molecule has 94 valence electrons. The van der Waals surface area contributed by atoms with E-state index in [-0.39, 0.29) is 11.9 Å². The van der Waals surface area contributed by atoms with Crippen LogP contribution in [0, 0.1) is 0 Å². The third-order valence-electron chi connectivity index (χ3n) is 2.49. The van der Waals surface area contributed by atoms with E-state index in [0.29, 0.717) is 32.1 Å². The summed E-state index contributed by atoms with van der Waals surface area (Å²) >= 11 is 0. The third kappa shape index (κ3) is 3.50. The Balaban J connectivity index is 1.79. The largest absolute Gasteiger partial charge is 0.408 e. The van der Waals surface area contributed by atoms with Crippen LogP contribution in [0.4, 0.5) is 6.01 Å². The number of aromatic nitrogens is 2. The molecule has 1 amide bonds. The molecule has 1 saturated heterocycles. The molecular weight excluding hydrogens is 224 g/mol. The second kappa shape index (κ2) is 5.74. The maximum absolute atomic E-state index is 11.7. The van der Waals surface area contributed by atoms with Crippen molar-refractivity contribution in [1.82, 2.24) is 15.1 Å². The predicted octanol–water partition coefficient (Wildman–Crippen LogP) is -0.0973. The van der Waals surface area contributed by atoms with Crippen molar-refractivity contribution in [2.45, 2.75) is 13.3 Å². The third-order valence-corrected chi connectivity index (χ3v) is 2.49. The second-order valence-electron chi connectivity index (χ2n) is 3.79. The number of nitrogens with one attached hydrogen (secondary N) is 1. The lowest BCUT2D eigenvalue weighted by molar-refractivity contribution is -0.118. The van der Waals surface area contributed by atoms with Gasteiger partial charge in [-0.3, -0.25) is 15.0 Å². The fourth-order valence-electron chi connectivity index (χ4n) is 1.57. The Bertz CT molecular complexity index is 373. The predicted molar refractivity (Wildman–Crippen MR) is 59.6 cm³/mol. The SMILES string of the molecule is CCc1nnc(NC(=O)CN2CCOCC2)o1. The van der Waals surface area contributed by atoms with Crippen LogP contribution in [0.2, 0.25) is 0 Å². The number of aryl methyl sites for hydroxylation is 1. The van der Waals surface area contributed by atoms with E-state index in [4.69, 9.17) is 9.15 Å². The van der Waals surface area contributed by atoms with E-state index in [0.717, 1.165) is 13.1 Å². The maximum atomic E-state index is 11.7. The van der Waals surface area contributed by atoms with Gasteiger partial charge in [-0.1, -0.05) is 12.0 Å². The minimum atomic E-state index is -0.141. The average Bonchev–Trinajstić information content (AvgIpc) is 2.78. The molecule has 17 heavy (non-hydrogen) atoms. The van der Waals surface area contributed by atoms with Gasteiger partial charge in [-0.2, -0.15) is 0 Å². The van der Waals surface area contributed by atoms with E-state index < -0.39 is 0 Å². The fraction of sp³-hybridized carbons (Fsp3) is 0.700. The van der Waals surface area contributed by atoms with Gasteiger partial charge >= 0.3 is 6.01 Å². The first kappa shape index (κ1) is 12.0. The van der Waals surface area contributed by atoms with E-state index in [1.807, 2.05) is 11.8 Å². The summed E-state index contributed by atoms with van der Waals surface area (Å²) in [6.45, 7) is 5.14. The molecule has 2 heterocycles. The highest BCUT2D eigenvalue weighted by molar-refractivity contribution is 5.90. The van der Waals surface area contributed by atoms with Crippen molar-refractivity contribution >= 4 is 11.9 Å². The van der Waals surface area contributed by atoms with Gasteiger partial charge in [0.15, 0.2) is 0 Å². The highest BCUT2D eigenvalue weighted by atomic mass is 16.5. The van der Waals surface area contributed by atoms with Crippen LogP contribution in [0.5, 0.6) is 0 Å². The van der Waals surface area contributed by atoms with Crippen molar-refractivity contribution in [2.24, 2.45) is 0 Å². The second-order valence-corrected chi connectivity index (χ2v) is 3.79. The Labute approximate surface area is 99.1 Å². The molecule has 0 bridgehead atoms. The highest BCUT2D eigenvalue weighted by Gasteiger charge is 2.15.